The molecule has 4 aromatic rings. The number of fused-ring (bicyclic) bond motifs is 2. The molecule has 1 N–H and O–H groups in total. The second-order valence-electron chi connectivity index (χ2n) is 8.43. The number of sulfonamides is 1. The Morgan fingerprint density at radius 3 is 2.43 bits per heavy atom. The van der Waals surface area contributed by atoms with E-state index in [0.29, 0.717) is 22.9 Å². The average molecular weight is 519 g/mol. The molecule has 190 valence electrons. The van der Waals surface area contributed by atoms with Crippen LogP contribution >= 0.6 is 0 Å². The number of rotatable bonds is 8. The van der Waals surface area contributed by atoms with E-state index in [-0.39, 0.29) is 24.6 Å². The lowest BCUT2D eigenvalue weighted by Gasteiger charge is -2.34. The molecule has 0 saturated heterocycles. The summed E-state index contributed by atoms with van der Waals surface area (Å²) in [5, 5.41) is 4.97. The molecule has 1 heterocycles. The molecule has 1 aliphatic heterocycles. The molecule has 0 aliphatic carbocycles. The van der Waals surface area contributed by atoms with Crippen molar-refractivity contribution in [2.75, 3.05) is 31.1 Å². The minimum absolute atomic E-state index is 0.0907. The molecule has 0 saturated carbocycles. The van der Waals surface area contributed by atoms with Crippen molar-refractivity contribution in [3.8, 4) is 17.2 Å². The number of carbonyl (C=O) groups is 1. The van der Waals surface area contributed by atoms with Gasteiger partial charge in [0.25, 0.3) is 15.9 Å². The van der Waals surface area contributed by atoms with Gasteiger partial charge in [-0.1, -0.05) is 42.5 Å². The lowest BCUT2D eigenvalue weighted by atomic mass is 10.1. The Bertz CT molecular complexity index is 1520. The predicted octanol–water partition coefficient (Wildman–Crippen LogP) is 4.00. The fraction of sp³-hybridized carbons (Fsp3) is 0.179. The molecule has 0 bridgehead atoms. The number of amides is 1. The number of hydrogen-bond donors (Lipinski definition) is 1. The number of nitrogens with one attached hydrogen (secondary N) is 1. The first-order chi connectivity index (χ1) is 18.0. The molecule has 8 nitrogen and oxygen atoms in total. The van der Waals surface area contributed by atoms with Crippen molar-refractivity contribution < 1.29 is 27.4 Å². The maximum Gasteiger partial charge on any atom is 0.264 e. The minimum Gasteiger partial charge on any atom is -0.497 e. The summed E-state index contributed by atoms with van der Waals surface area (Å²) in [6, 6.07) is 26.7. The van der Waals surface area contributed by atoms with Crippen LogP contribution in [0.2, 0.25) is 0 Å². The van der Waals surface area contributed by atoms with Gasteiger partial charge >= 0.3 is 0 Å². The maximum absolute atomic E-state index is 13.5. The van der Waals surface area contributed by atoms with Crippen LogP contribution in [0.15, 0.2) is 95.9 Å². The summed E-state index contributed by atoms with van der Waals surface area (Å²) in [6.45, 7) is 0.322. The third kappa shape index (κ3) is 5.17. The molecule has 5 rings (SSSR count). The second kappa shape index (κ2) is 10.4. The van der Waals surface area contributed by atoms with Crippen LogP contribution in [-0.2, 0) is 14.8 Å². The van der Waals surface area contributed by atoms with Gasteiger partial charge in [-0.2, -0.15) is 0 Å². The number of benzene rings is 4. The number of ether oxygens (including phenoxy) is 3. The van der Waals surface area contributed by atoms with Gasteiger partial charge in [0.1, 0.15) is 23.9 Å². The summed E-state index contributed by atoms with van der Waals surface area (Å²) < 4.78 is 45.0. The van der Waals surface area contributed by atoms with Crippen molar-refractivity contribution in [1.82, 2.24) is 5.32 Å². The van der Waals surface area contributed by atoms with Crippen LogP contribution in [0.1, 0.15) is 0 Å². The highest BCUT2D eigenvalue weighted by Gasteiger charge is 2.37. The van der Waals surface area contributed by atoms with Gasteiger partial charge in [-0.15, -0.1) is 0 Å². The highest BCUT2D eigenvalue weighted by Crippen LogP contribution is 2.37. The lowest BCUT2D eigenvalue weighted by Crippen LogP contribution is -2.51. The molecule has 37 heavy (non-hydrogen) atoms. The summed E-state index contributed by atoms with van der Waals surface area (Å²) >= 11 is 0. The largest absolute Gasteiger partial charge is 0.497 e. The van der Waals surface area contributed by atoms with Crippen LogP contribution in [0.5, 0.6) is 17.2 Å². The number of nitrogens with zero attached hydrogens (tertiary/aromatic N) is 1. The smallest absolute Gasteiger partial charge is 0.264 e. The van der Waals surface area contributed by atoms with Crippen molar-refractivity contribution in [2.45, 2.75) is 11.0 Å². The third-order valence-corrected chi connectivity index (χ3v) is 7.86. The Kier molecular flexibility index (Phi) is 6.87. The van der Waals surface area contributed by atoms with Crippen molar-refractivity contribution in [2.24, 2.45) is 0 Å². The SMILES string of the molecule is COc1ccc(S(=O)(=O)N2C[C@@H](C(=O)NCCOc3ccc4ccccc4c3)Oc3ccccc32)cc1. The molecular weight excluding hydrogens is 492 g/mol. The van der Waals surface area contributed by atoms with Gasteiger partial charge in [0.15, 0.2) is 6.10 Å². The van der Waals surface area contributed by atoms with E-state index in [0.717, 1.165) is 10.8 Å². The summed E-state index contributed by atoms with van der Waals surface area (Å²) in [4.78, 5) is 13.0. The van der Waals surface area contributed by atoms with E-state index in [2.05, 4.69) is 5.32 Å². The number of hydrogen-bond acceptors (Lipinski definition) is 6. The molecule has 9 heteroatoms. The van der Waals surface area contributed by atoms with E-state index in [9.17, 15) is 13.2 Å². The van der Waals surface area contributed by atoms with Crippen molar-refractivity contribution >= 4 is 32.4 Å². The zero-order valence-corrected chi connectivity index (χ0v) is 21.0. The van der Waals surface area contributed by atoms with Gasteiger partial charge in [0.2, 0.25) is 0 Å². The Balaban J connectivity index is 1.26. The fourth-order valence-electron chi connectivity index (χ4n) is 4.16. The Labute approximate surface area is 215 Å². The third-order valence-electron chi connectivity index (χ3n) is 6.07. The molecule has 0 spiro atoms. The van der Waals surface area contributed by atoms with Crippen LogP contribution in [0.4, 0.5) is 5.69 Å². The second-order valence-corrected chi connectivity index (χ2v) is 10.3. The molecule has 0 fully saturated rings. The zero-order chi connectivity index (χ0) is 25.8. The zero-order valence-electron chi connectivity index (χ0n) is 20.2. The van der Waals surface area contributed by atoms with Crippen molar-refractivity contribution in [1.29, 1.82) is 0 Å². The van der Waals surface area contributed by atoms with E-state index >= 15 is 0 Å². The van der Waals surface area contributed by atoms with Gasteiger partial charge in [-0.25, -0.2) is 8.42 Å². The number of anilines is 1. The van der Waals surface area contributed by atoms with Crippen LogP contribution in [0, 0.1) is 0 Å². The predicted molar refractivity (Wildman–Crippen MR) is 141 cm³/mol. The molecular formula is C28H26N2O6S. The quantitative estimate of drug-likeness (QED) is 0.355. The number of methoxy groups -OCH3 is 1. The molecule has 1 amide bonds. The van der Waals surface area contributed by atoms with Gasteiger partial charge in [0.05, 0.1) is 30.8 Å². The van der Waals surface area contributed by atoms with Crippen LogP contribution in [0.3, 0.4) is 0 Å². The van der Waals surface area contributed by atoms with Gasteiger partial charge in [-0.3, -0.25) is 9.10 Å². The van der Waals surface area contributed by atoms with Crippen molar-refractivity contribution in [3.05, 3.63) is 91.0 Å². The molecule has 0 radical (unpaired) electrons. The van der Waals surface area contributed by atoms with Crippen LogP contribution in [0.25, 0.3) is 10.8 Å². The number of carbonyl (C=O) groups excluding carboxylic acids is 1. The van der Waals surface area contributed by atoms with Crippen LogP contribution < -0.4 is 23.8 Å². The Morgan fingerprint density at radius 2 is 1.65 bits per heavy atom. The topological polar surface area (TPSA) is 94.2 Å². The minimum atomic E-state index is -3.95. The Hall–Kier alpha value is -4.24. The average Bonchev–Trinajstić information content (AvgIpc) is 2.94. The molecule has 0 aromatic heterocycles. The molecule has 1 atom stereocenters. The maximum atomic E-state index is 13.5. The fourth-order valence-corrected chi connectivity index (χ4v) is 5.63. The highest BCUT2D eigenvalue weighted by molar-refractivity contribution is 7.92. The van der Waals surface area contributed by atoms with E-state index in [1.165, 1.54) is 23.5 Å². The van der Waals surface area contributed by atoms with E-state index in [1.54, 1.807) is 36.4 Å². The van der Waals surface area contributed by atoms with Crippen LogP contribution in [-0.4, -0.2) is 47.2 Å². The molecule has 1 aliphatic rings. The first kappa shape index (κ1) is 24.5. The lowest BCUT2D eigenvalue weighted by molar-refractivity contribution is -0.127. The summed E-state index contributed by atoms with van der Waals surface area (Å²) in [5.41, 5.74) is 0.377. The monoisotopic (exact) mass is 518 g/mol. The van der Waals surface area contributed by atoms with E-state index in [4.69, 9.17) is 14.2 Å². The first-order valence-corrected chi connectivity index (χ1v) is 13.2. The first-order valence-electron chi connectivity index (χ1n) is 11.8. The van der Waals surface area contributed by atoms with E-state index < -0.39 is 22.0 Å². The molecule has 4 aromatic carbocycles. The molecule has 0 unspecified atom stereocenters. The summed E-state index contributed by atoms with van der Waals surface area (Å²) in [6.07, 6.45) is -1.02. The summed E-state index contributed by atoms with van der Waals surface area (Å²) in [5.74, 6) is 1.14. The number of para-hydroxylation sites is 2. The van der Waals surface area contributed by atoms with E-state index in [1.807, 2.05) is 42.5 Å². The highest BCUT2D eigenvalue weighted by atomic mass is 32.2. The van der Waals surface area contributed by atoms with Crippen molar-refractivity contribution in [3.63, 3.8) is 0 Å². The standard InChI is InChI=1S/C28H26N2O6S/c1-34-22-12-14-24(15-13-22)37(32,33)30-19-27(36-26-9-5-4-8-25(26)30)28(31)29-16-17-35-23-11-10-20-6-2-3-7-21(20)18-23/h2-15,18,27H,16-17,19H2,1H3,(H,29,31)/t27-/m0/s1. The van der Waals surface area contributed by atoms with Gasteiger partial charge in [-0.05, 0) is 59.3 Å². The van der Waals surface area contributed by atoms with Gasteiger partial charge in [0, 0.05) is 0 Å². The summed E-state index contributed by atoms with van der Waals surface area (Å²) in [7, 11) is -2.44. The van der Waals surface area contributed by atoms with Gasteiger partial charge < -0.3 is 19.5 Å². The Morgan fingerprint density at radius 1 is 0.946 bits per heavy atom. The normalized spacial score (nSPS) is 14.9.